The lowest BCUT2D eigenvalue weighted by Gasteiger charge is -2.11. The second-order valence-electron chi connectivity index (χ2n) is 5.21. The van der Waals surface area contributed by atoms with Gasteiger partial charge in [-0.1, -0.05) is 29.1 Å². The molecule has 0 saturated carbocycles. The normalized spacial score (nSPS) is 10.5. The first-order chi connectivity index (χ1) is 10.8. The summed E-state index contributed by atoms with van der Waals surface area (Å²) in [6.45, 7) is 5.39. The Kier molecular flexibility index (Phi) is 5.03. The Morgan fingerprint density at radius 3 is 2.61 bits per heavy atom. The zero-order chi connectivity index (χ0) is 17.3. The number of carbonyl (C=O) groups excluding carboxylic acids is 1. The second-order valence-corrected chi connectivity index (χ2v) is 5.96. The Morgan fingerprint density at radius 2 is 2.00 bits per heavy atom. The fraction of sp³-hybridized carbons (Fsp3) is 0.294. The summed E-state index contributed by atoms with van der Waals surface area (Å²) in [4.78, 5) is 13.0. The van der Waals surface area contributed by atoms with Crippen LogP contribution >= 0.6 is 23.2 Å². The van der Waals surface area contributed by atoms with Gasteiger partial charge in [0.25, 0.3) is 0 Å². The Hall–Kier alpha value is -1.96. The molecule has 1 heterocycles. The molecule has 0 unspecified atom stereocenters. The van der Waals surface area contributed by atoms with Crippen LogP contribution in [0.2, 0.25) is 10.0 Å². The summed E-state index contributed by atoms with van der Waals surface area (Å²) in [5, 5.41) is 5.12. The molecule has 1 aromatic heterocycles. The van der Waals surface area contributed by atoms with E-state index in [-0.39, 0.29) is 12.4 Å². The maximum Gasteiger partial charge on any atom is 0.224 e. The monoisotopic (exact) mass is 350 g/mol. The van der Waals surface area contributed by atoms with Crippen molar-refractivity contribution in [2.45, 2.75) is 20.8 Å². The summed E-state index contributed by atoms with van der Waals surface area (Å²) in [5.41, 5.74) is 2.72. The van der Waals surface area contributed by atoms with E-state index in [1.807, 2.05) is 6.92 Å². The number of ketones is 1. The van der Waals surface area contributed by atoms with Gasteiger partial charge in [0.15, 0.2) is 6.61 Å². The first kappa shape index (κ1) is 17.4. The van der Waals surface area contributed by atoms with Crippen molar-refractivity contribution in [3.8, 4) is 18.2 Å². The zero-order valence-electron chi connectivity index (χ0n) is 13.3. The lowest BCUT2D eigenvalue weighted by Crippen LogP contribution is -2.09. The highest BCUT2D eigenvalue weighted by atomic mass is 35.5. The van der Waals surface area contributed by atoms with E-state index in [0.717, 1.165) is 5.56 Å². The molecular formula is C17H16Cl2N2O2. The molecule has 0 aliphatic carbocycles. The number of hydrogen-bond acceptors (Lipinski definition) is 3. The van der Waals surface area contributed by atoms with Gasteiger partial charge >= 0.3 is 0 Å². The van der Waals surface area contributed by atoms with E-state index < -0.39 is 0 Å². The molecule has 2 rings (SSSR count). The van der Waals surface area contributed by atoms with Gasteiger partial charge in [-0.2, -0.15) is 5.10 Å². The number of rotatable bonds is 4. The van der Waals surface area contributed by atoms with Crippen molar-refractivity contribution >= 4 is 29.0 Å². The highest BCUT2D eigenvalue weighted by Crippen LogP contribution is 2.34. The maximum absolute atomic E-state index is 13.0. The van der Waals surface area contributed by atoms with Crippen molar-refractivity contribution in [2.75, 3.05) is 6.61 Å². The van der Waals surface area contributed by atoms with E-state index in [9.17, 15) is 4.79 Å². The van der Waals surface area contributed by atoms with Crippen LogP contribution in [0, 0.1) is 33.1 Å². The van der Waals surface area contributed by atoms with Gasteiger partial charge < -0.3 is 4.74 Å². The van der Waals surface area contributed by atoms with Crippen LogP contribution in [0.3, 0.4) is 0 Å². The molecule has 6 heteroatoms. The summed E-state index contributed by atoms with van der Waals surface area (Å²) in [7, 11) is 1.69. The molecule has 1 aromatic carbocycles. The van der Waals surface area contributed by atoms with Crippen LogP contribution in [0.5, 0.6) is 5.88 Å². The maximum atomic E-state index is 13.0. The number of benzene rings is 1. The molecule has 0 amide bonds. The van der Waals surface area contributed by atoms with Crippen LogP contribution < -0.4 is 4.74 Å². The Bertz CT molecular complexity index is 832. The summed E-state index contributed by atoms with van der Waals surface area (Å²) < 4.78 is 6.97. The van der Waals surface area contributed by atoms with Gasteiger partial charge in [0, 0.05) is 17.6 Å². The molecular weight excluding hydrogens is 335 g/mol. The van der Waals surface area contributed by atoms with E-state index in [0.29, 0.717) is 38.3 Å². The third kappa shape index (κ3) is 3.08. The number of nitrogens with zero attached hydrogens (tertiary/aromatic N) is 2. The van der Waals surface area contributed by atoms with Crippen LogP contribution in [0.15, 0.2) is 6.07 Å². The topological polar surface area (TPSA) is 44.1 Å². The number of aromatic nitrogens is 2. The number of ether oxygens (including phenoxy) is 1. The van der Waals surface area contributed by atoms with Gasteiger partial charge in [-0.25, -0.2) is 4.68 Å². The third-order valence-electron chi connectivity index (χ3n) is 3.54. The first-order valence-electron chi connectivity index (χ1n) is 6.89. The molecule has 2 aromatic rings. The summed E-state index contributed by atoms with van der Waals surface area (Å²) in [5.74, 6) is 2.44. The molecule has 0 N–H and O–H groups in total. The summed E-state index contributed by atoms with van der Waals surface area (Å²) in [6.07, 6.45) is 5.23. The average Bonchev–Trinajstić information content (AvgIpc) is 2.79. The summed E-state index contributed by atoms with van der Waals surface area (Å²) in [6, 6.07) is 1.68. The van der Waals surface area contributed by atoms with E-state index >= 15 is 0 Å². The van der Waals surface area contributed by atoms with Gasteiger partial charge in [-0.3, -0.25) is 4.79 Å². The highest BCUT2D eigenvalue weighted by Gasteiger charge is 2.26. The molecule has 0 atom stereocenters. The molecule has 120 valence electrons. The van der Waals surface area contributed by atoms with Gasteiger partial charge in [0.05, 0.1) is 10.7 Å². The Balaban J connectivity index is 2.61. The van der Waals surface area contributed by atoms with Gasteiger partial charge in [0.2, 0.25) is 11.7 Å². The molecule has 0 saturated heterocycles. The average molecular weight is 351 g/mol. The quantitative estimate of drug-likeness (QED) is 0.620. The lowest BCUT2D eigenvalue weighted by atomic mass is 9.99. The molecule has 4 nitrogen and oxygen atoms in total. The Morgan fingerprint density at radius 1 is 1.35 bits per heavy atom. The van der Waals surface area contributed by atoms with Crippen LogP contribution in [-0.4, -0.2) is 22.2 Å². The highest BCUT2D eigenvalue weighted by molar-refractivity contribution is 6.39. The number of aryl methyl sites for hydroxylation is 3. The predicted molar refractivity (Wildman–Crippen MR) is 91.6 cm³/mol. The number of halogens is 2. The van der Waals surface area contributed by atoms with Crippen molar-refractivity contribution in [1.29, 1.82) is 0 Å². The van der Waals surface area contributed by atoms with Crippen LogP contribution in [0.25, 0.3) is 0 Å². The standard InChI is InChI=1S/C17H16Cl2N2O2/c1-6-7-23-17-13(11(4)20-21(17)5)16(22)12-8-9(2)14(18)10(3)15(12)19/h1,8H,7H2,2-5H3. The van der Waals surface area contributed by atoms with Crippen molar-refractivity contribution in [2.24, 2.45) is 7.05 Å². The number of carbonyl (C=O) groups is 1. The van der Waals surface area contributed by atoms with Gasteiger partial charge in [-0.05, 0) is 38.0 Å². The van der Waals surface area contributed by atoms with Crippen molar-refractivity contribution in [3.05, 3.63) is 44.1 Å². The van der Waals surface area contributed by atoms with E-state index in [2.05, 4.69) is 11.0 Å². The fourth-order valence-corrected chi connectivity index (χ4v) is 2.84. The minimum Gasteiger partial charge on any atom is -0.464 e. The SMILES string of the molecule is C#CCOc1c(C(=O)c2cc(C)c(Cl)c(C)c2Cl)c(C)nn1C. The molecule has 0 fully saturated rings. The first-order valence-corrected chi connectivity index (χ1v) is 7.64. The molecule has 0 radical (unpaired) electrons. The minimum atomic E-state index is -0.268. The van der Waals surface area contributed by atoms with Crippen molar-refractivity contribution < 1.29 is 9.53 Å². The summed E-state index contributed by atoms with van der Waals surface area (Å²) >= 11 is 12.5. The van der Waals surface area contributed by atoms with E-state index in [1.165, 1.54) is 4.68 Å². The number of terminal acetylenes is 1. The van der Waals surface area contributed by atoms with Crippen LogP contribution in [0.4, 0.5) is 0 Å². The minimum absolute atomic E-state index is 0.0473. The zero-order valence-corrected chi connectivity index (χ0v) is 14.8. The second kappa shape index (κ2) is 6.66. The van der Waals surface area contributed by atoms with E-state index in [4.69, 9.17) is 34.4 Å². The van der Waals surface area contributed by atoms with Crippen LogP contribution in [-0.2, 0) is 7.05 Å². The van der Waals surface area contributed by atoms with Crippen molar-refractivity contribution in [1.82, 2.24) is 9.78 Å². The lowest BCUT2D eigenvalue weighted by molar-refractivity contribution is 0.103. The Labute approximate surface area is 145 Å². The predicted octanol–water partition coefficient (Wildman–Crippen LogP) is 3.90. The number of hydrogen-bond donors (Lipinski definition) is 0. The molecule has 23 heavy (non-hydrogen) atoms. The molecule has 0 spiro atoms. The fourth-order valence-electron chi connectivity index (χ4n) is 2.41. The van der Waals surface area contributed by atoms with Gasteiger partial charge in [-0.15, -0.1) is 6.42 Å². The molecule has 0 aliphatic rings. The van der Waals surface area contributed by atoms with Crippen LogP contribution in [0.1, 0.15) is 32.7 Å². The largest absolute Gasteiger partial charge is 0.464 e. The molecule has 0 bridgehead atoms. The van der Waals surface area contributed by atoms with Gasteiger partial charge in [0.1, 0.15) is 5.56 Å². The van der Waals surface area contributed by atoms with Crippen molar-refractivity contribution in [3.63, 3.8) is 0 Å². The third-order valence-corrected chi connectivity index (χ3v) is 4.60. The smallest absolute Gasteiger partial charge is 0.224 e. The van der Waals surface area contributed by atoms with E-state index in [1.54, 1.807) is 27.0 Å². The molecule has 0 aliphatic heterocycles.